The summed E-state index contributed by atoms with van der Waals surface area (Å²) in [6, 6.07) is 21.0. The molecule has 0 saturated heterocycles. The monoisotopic (exact) mass is 415 g/mol. The number of aromatic nitrogens is 2. The largest absolute Gasteiger partial charge is 0.630 e. The van der Waals surface area contributed by atoms with Crippen LogP contribution < -0.4 is 15.9 Å². The standard InChI is InChI=1S/C25H25N3O3/c1-16(2)18-7-9-19(10-8-18)24-22-14-21(31-3)11-12-23(22)28(25(29)26-24)15-17-5-4-6-20(13-17)27-30/h4-14,16H,15,27H2,1-3H3. The van der Waals surface area contributed by atoms with E-state index in [-0.39, 0.29) is 5.69 Å². The molecule has 3 aromatic carbocycles. The van der Waals surface area contributed by atoms with Crippen LogP contribution in [-0.4, -0.2) is 16.7 Å². The van der Waals surface area contributed by atoms with Gasteiger partial charge in [0.25, 0.3) is 0 Å². The zero-order chi connectivity index (χ0) is 22.0. The molecule has 0 bridgehead atoms. The van der Waals surface area contributed by atoms with Gasteiger partial charge in [-0.25, -0.2) is 4.79 Å². The summed E-state index contributed by atoms with van der Waals surface area (Å²) in [5.74, 6) is 1.12. The quantitative estimate of drug-likeness (QED) is 0.382. The van der Waals surface area contributed by atoms with Gasteiger partial charge in [-0.15, -0.1) is 0 Å². The molecule has 6 nitrogen and oxygen atoms in total. The van der Waals surface area contributed by atoms with E-state index in [4.69, 9.17) is 4.74 Å². The van der Waals surface area contributed by atoms with E-state index in [0.717, 1.165) is 27.5 Å². The maximum Gasteiger partial charge on any atom is 0.348 e. The second-order valence-corrected chi connectivity index (χ2v) is 7.85. The van der Waals surface area contributed by atoms with Gasteiger partial charge in [0.15, 0.2) is 0 Å². The van der Waals surface area contributed by atoms with E-state index in [0.29, 0.717) is 29.6 Å². The number of fused-ring (bicyclic) bond motifs is 1. The van der Waals surface area contributed by atoms with Crippen molar-refractivity contribution in [3.63, 3.8) is 0 Å². The highest BCUT2D eigenvalue weighted by molar-refractivity contribution is 5.93. The van der Waals surface area contributed by atoms with Crippen molar-refractivity contribution in [2.24, 2.45) is 0 Å². The van der Waals surface area contributed by atoms with E-state index in [1.807, 2.05) is 42.5 Å². The topological polar surface area (TPSA) is 83.8 Å². The Balaban J connectivity index is 1.88. The lowest BCUT2D eigenvalue weighted by atomic mass is 9.99. The van der Waals surface area contributed by atoms with E-state index >= 15 is 0 Å². The van der Waals surface area contributed by atoms with E-state index < -0.39 is 0 Å². The van der Waals surface area contributed by atoms with Gasteiger partial charge in [-0.2, -0.15) is 4.98 Å². The minimum absolute atomic E-state index is 0.322. The lowest BCUT2D eigenvalue weighted by molar-refractivity contribution is -0.497. The number of ether oxygens (including phenoxy) is 1. The normalized spacial score (nSPS) is 11.3. The molecule has 0 fully saturated rings. The highest BCUT2D eigenvalue weighted by Crippen LogP contribution is 2.30. The third-order valence-corrected chi connectivity index (χ3v) is 5.47. The van der Waals surface area contributed by atoms with Crippen LogP contribution in [0.3, 0.4) is 0 Å². The van der Waals surface area contributed by atoms with Gasteiger partial charge in [0.1, 0.15) is 11.4 Å². The van der Waals surface area contributed by atoms with Crippen molar-refractivity contribution >= 4 is 16.6 Å². The van der Waals surface area contributed by atoms with Crippen LogP contribution in [0.5, 0.6) is 5.75 Å². The number of benzene rings is 3. The van der Waals surface area contributed by atoms with E-state index in [2.05, 4.69) is 31.0 Å². The van der Waals surface area contributed by atoms with Crippen LogP contribution in [-0.2, 0) is 6.54 Å². The van der Waals surface area contributed by atoms with E-state index in [1.165, 1.54) is 5.56 Å². The van der Waals surface area contributed by atoms with Gasteiger partial charge in [0.2, 0.25) is 0 Å². The average molecular weight is 415 g/mol. The van der Waals surface area contributed by atoms with Crippen molar-refractivity contribution in [1.82, 2.24) is 9.55 Å². The Morgan fingerprint density at radius 1 is 1.06 bits per heavy atom. The van der Waals surface area contributed by atoms with Gasteiger partial charge < -0.3 is 15.4 Å². The molecule has 4 rings (SSSR count). The van der Waals surface area contributed by atoms with Crippen molar-refractivity contribution in [2.75, 3.05) is 7.11 Å². The van der Waals surface area contributed by atoms with Crippen molar-refractivity contribution in [3.05, 3.63) is 93.5 Å². The van der Waals surface area contributed by atoms with Crippen LogP contribution in [0.15, 0.2) is 71.5 Å². The molecule has 1 aromatic heterocycles. The first-order chi connectivity index (χ1) is 15.0. The summed E-state index contributed by atoms with van der Waals surface area (Å²) in [6.07, 6.45) is 0. The van der Waals surface area contributed by atoms with Crippen LogP contribution in [0, 0.1) is 5.21 Å². The fourth-order valence-corrected chi connectivity index (χ4v) is 3.73. The second-order valence-electron chi connectivity index (χ2n) is 7.85. The molecule has 0 aliphatic heterocycles. The molecule has 0 saturated carbocycles. The van der Waals surface area contributed by atoms with Gasteiger partial charge in [0.05, 0.1) is 24.9 Å². The molecule has 0 unspecified atom stereocenters. The smallest absolute Gasteiger partial charge is 0.348 e. The number of methoxy groups -OCH3 is 1. The highest BCUT2D eigenvalue weighted by Gasteiger charge is 2.14. The molecule has 0 amide bonds. The van der Waals surface area contributed by atoms with E-state index in [1.54, 1.807) is 23.8 Å². The number of hydrogen-bond acceptors (Lipinski definition) is 4. The zero-order valence-corrected chi connectivity index (χ0v) is 17.8. The molecule has 0 aliphatic rings. The summed E-state index contributed by atoms with van der Waals surface area (Å²) in [6.45, 7) is 4.62. The van der Waals surface area contributed by atoms with Gasteiger partial charge in [-0.3, -0.25) is 4.57 Å². The summed E-state index contributed by atoms with van der Waals surface area (Å²) in [5.41, 5.74) is 5.41. The van der Waals surface area contributed by atoms with E-state index in [9.17, 15) is 10.0 Å². The molecule has 158 valence electrons. The second kappa shape index (κ2) is 8.71. The Bertz CT molecular complexity index is 1280. The molecule has 6 heteroatoms. The molecule has 1 heterocycles. The summed E-state index contributed by atoms with van der Waals surface area (Å²) < 4.78 is 7.06. The molecule has 0 aliphatic carbocycles. The van der Waals surface area contributed by atoms with Gasteiger partial charge in [0, 0.05) is 17.0 Å². The molecular formula is C25H25N3O3. The third kappa shape index (κ3) is 4.21. The van der Waals surface area contributed by atoms with Gasteiger partial charge in [-0.05, 0) is 41.3 Å². The molecule has 4 aromatic rings. The Morgan fingerprint density at radius 2 is 1.84 bits per heavy atom. The molecule has 0 radical (unpaired) electrons. The summed E-state index contributed by atoms with van der Waals surface area (Å²) in [7, 11) is 1.62. The first-order valence-corrected chi connectivity index (χ1v) is 10.2. The summed E-state index contributed by atoms with van der Waals surface area (Å²) in [5, 5.41) is 12.0. The van der Waals surface area contributed by atoms with Gasteiger partial charge in [-0.1, -0.05) is 50.2 Å². The predicted molar refractivity (Wildman–Crippen MR) is 123 cm³/mol. The average Bonchev–Trinajstić information content (AvgIpc) is 2.80. The Morgan fingerprint density at radius 3 is 2.52 bits per heavy atom. The first-order valence-electron chi connectivity index (χ1n) is 10.2. The first kappa shape index (κ1) is 20.8. The van der Waals surface area contributed by atoms with Crippen molar-refractivity contribution in [2.45, 2.75) is 26.3 Å². The van der Waals surface area contributed by atoms with Crippen LogP contribution in [0.2, 0.25) is 0 Å². The minimum Gasteiger partial charge on any atom is -0.630 e. The number of quaternary nitrogens is 1. The maximum absolute atomic E-state index is 13.1. The third-order valence-electron chi connectivity index (χ3n) is 5.47. The molecule has 2 N–H and O–H groups in total. The summed E-state index contributed by atoms with van der Waals surface area (Å²) >= 11 is 0. The Labute approximate surface area is 180 Å². The highest BCUT2D eigenvalue weighted by atomic mass is 16.5. The van der Waals surface area contributed by atoms with Crippen LogP contribution >= 0.6 is 0 Å². The zero-order valence-electron chi connectivity index (χ0n) is 17.8. The number of hydrogen-bond donors (Lipinski definition) is 1. The Kier molecular flexibility index (Phi) is 5.84. The maximum atomic E-state index is 13.1. The van der Waals surface area contributed by atoms with Crippen LogP contribution in [0.4, 0.5) is 5.69 Å². The van der Waals surface area contributed by atoms with Crippen molar-refractivity contribution < 1.29 is 10.2 Å². The van der Waals surface area contributed by atoms with Crippen molar-refractivity contribution in [1.29, 1.82) is 0 Å². The minimum atomic E-state index is -0.336. The van der Waals surface area contributed by atoms with Crippen LogP contribution in [0.25, 0.3) is 22.2 Å². The SMILES string of the molecule is COc1ccc2c(c1)c(-c1ccc(C(C)C)cc1)nc(=O)n2Cc1cccc([NH2+][O-])c1. The fraction of sp³-hybridized carbons (Fsp3) is 0.200. The number of rotatable bonds is 6. The molecular weight excluding hydrogens is 390 g/mol. The lowest BCUT2D eigenvalue weighted by Crippen LogP contribution is -2.70. The lowest BCUT2D eigenvalue weighted by Gasteiger charge is -2.15. The Hall–Kier alpha value is -3.48. The molecule has 31 heavy (non-hydrogen) atoms. The molecule has 0 atom stereocenters. The fourth-order valence-electron chi connectivity index (χ4n) is 3.73. The predicted octanol–water partition coefficient (Wildman–Crippen LogP) is 3.94. The molecule has 0 spiro atoms. The summed E-state index contributed by atoms with van der Waals surface area (Å²) in [4.78, 5) is 17.5. The number of nitrogens with two attached hydrogens (primary N) is 1. The van der Waals surface area contributed by atoms with Gasteiger partial charge >= 0.3 is 5.69 Å². The van der Waals surface area contributed by atoms with Crippen molar-refractivity contribution in [3.8, 4) is 17.0 Å². The van der Waals surface area contributed by atoms with Crippen LogP contribution in [0.1, 0.15) is 30.9 Å². The number of nitrogens with zero attached hydrogens (tertiary/aromatic N) is 2.